The molecule has 8 nitrogen and oxygen atoms in total. The van der Waals surface area contributed by atoms with Crippen molar-refractivity contribution < 1.29 is 14.3 Å². The molecule has 1 heterocycles. The van der Waals surface area contributed by atoms with E-state index in [0.29, 0.717) is 22.9 Å². The molecular weight excluding hydrogens is 370 g/mol. The zero-order valence-corrected chi connectivity index (χ0v) is 15.8. The van der Waals surface area contributed by atoms with E-state index in [2.05, 4.69) is 26.3 Å². The van der Waals surface area contributed by atoms with Crippen LogP contribution in [0.2, 0.25) is 0 Å². The van der Waals surface area contributed by atoms with Gasteiger partial charge < -0.3 is 26.0 Å². The van der Waals surface area contributed by atoms with Crippen LogP contribution in [-0.4, -0.2) is 24.2 Å². The average molecular weight is 391 g/mol. The second-order valence-electron chi connectivity index (χ2n) is 6.01. The number of pyridine rings is 1. The van der Waals surface area contributed by atoms with Crippen molar-refractivity contribution in [3.63, 3.8) is 0 Å². The lowest BCUT2D eigenvalue weighted by molar-refractivity contribution is 0.251. The summed E-state index contributed by atoms with van der Waals surface area (Å²) in [7, 11) is 1.53. The van der Waals surface area contributed by atoms with Crippen molar-refractivity contribution >= 4 is 29.1 Å². The first-order chi connectivity index (χ1) is 14.1. The molecule has 29 heavy (non-hydrogen) atoms. The molecule has 0 saturated heterocycles. The lowest BCUT2D eigenvalue weighted by Gasteiger charge is -2.11. The van der Waals surface area contributed by atoms with Crippen LogP contribution in [0, 0.1) is 0 Å². The van der Waals surface area contributed by atoms with Crippen LogP contribution < -0.4 is 26.0 Å². The summed E-state index contributed by atoms with van der Waals surface area (Å²) in [6, 6.07) is 18.8. The van der Waals surface area contributed by atoms with Gasteiger partial charge in [0.15, 0.2) is 0 Å². The highest BCUT2D eigenvalue weighted by Crippen LogP contribution is 2.16. The van der Waals surface area contributed by atoms with Gasteiger partial charge in [0, 0.05) is 35.4 Å². The Morgan fingerprint density at radius 3 is 2.21 bits per heavy atom. The van der Waals surface area contributed by atoms with E-state index in [9.17, 15) is 9.59 Å². The number of hydrogen-bond donors (Lipinski definition) is 4. The number of nitrogens with one attached hydrogen (secondary N) is 4. The van der Waals surface area contributed by atoms with Crippen LogP contribution >= 0.6 is 0 Å². The molecule has 3 rings (SSSR count). The highest BCUT2D eigenvalue weighted by molar-refractivity contribution is 6.00. The lowest BCUT2D eigenvalue weighted by Crippen LogP contribution is -2.28. The van der Waals surface area contributed by atoms with Crippen molar-refractivity contribution in [1.29, 1.82) is 0 Å². The van der Waals surface area contributed by atoms with Crippen molar-refractivity contribution in [2.45, 2.75) is 6.54 Å². The van der Waals surface area contributed by atoms with Crippen LogP contribution in [0.25, 0.3) is 0 Å². The van der Waals surface area contributed by atoms with Gasteiger partial charge in [-0.1, -0.05) is 30.3 Å². The number of nitrogens with zero attached hydrogens (tertiary/aromatic N) is 1. The highest BCUT2D eigenvalue weighted by atomic mass is 16.5. The predicted octanol–water partition coefficient (Wildman–Crippen LogP) is 4.06. The Bertz CT molecular complexity index is 979. The molecule has 3 aromatic rings. The number of aromatic nitrogens is 1. The molecule has 0 radical (unpaired) electrons. The zero-order valence-electron chi connectivity index (χ0n) is 15.8. The molecule has 0 atom stereocenters. The fraction of sp³-hybridized carbons (Fsp3) is 0.0952. The normalized spacial score (nSPS) is 9.97. The van der Waals surface area contributed by atoms with Crippen LogP contribution in [0.5, 0.6) is 5.88 Å². The third kappa shape index (κ3) is 5.96. The first kappa shape index (κ1) is 19.7. The summed E-state index contributed by atoms with van der Waals surface area (Å²) in [5.74, 6) is 0.462. The molecule has 2 aromatic carbocycles. The largest absolute Gasteiger partial charge is 0.481 e. The number of methoxy groups -OCH3 is 1. The molecule has 148 valence electrons. The molecule has 0 aliphatic carbocycles. The van der Waals surface area contributed by atoms with Gasteiger partial charge in [0.2, 0.25) is 5.88 Å². The number of para-hydroxylation sites is 1. The predicted molar refractivity (Wildman–Crippen MR) is 112 cm³/mol. The van der Waals surface area contributed by atoms with Crippen LogP contribution in [0.3, 0.4) is 0 Å². The number of anilines is 3. The molecule has 0 spiro atoms. The monoisotopic (exact) mass is 391 g/mol. The van der Waals surface area contributed by atoms with E-state index < -0.39 is 0 Å². The number of carbonyl (C=O) groups excluding carboxylic acids is 2. The summed E-state index contributed by atoms with van der Waals surface area (Å²) < 4.78 is 5.16. The molecule has 0 aliphatic heterocycles. The second kappa shape index (κ2) is 9.75. The zero-order chi connectivity index (χ0) is 20.5. The number of amides is 4. The third-order valence-electron chi connectivity index (χ3n) is 3.89. The van der Waals surface area contributed by atoms with Gasteiger partial charge in [-0.25, -0.2) is 14.6 Å². The van der Waals surface area contributed by atoms with E-state index in [4.69, 9.17) is 4.74 Å². The first-order valence-corrected chi connectivity index (χ1v) is 8.90. The van der Waals surface area contributed by atoms with Gasteiger partial charge in [-0.2, -0.15) is 0 Å². The van der Waals surface area contributed by atoms with Gasteiger partial charge in [-0.05, 0) is 36.4 Å². The Balaban J connectivity index is 1.53. The van der Waals surface area contributed by atoms with Crippen molar-refractivity contribution in [1.82, 2.24) is 10.3 Å². The summed E-state index contributed by atoms with van der Waals surface area (Å²) in [5, 5.41) is 10.9. The molecular formula is C21H21N5O3. The minimum atomic E-state index is -0.387. The average Bonchev–Trinajstić information content (AvgIpc) is 2.73. The van der Waals surface area contributed by atoms with Crippen molar-refractivity contribution in [2.75, 3.05) is 23.1 Å². The SMILES string of the molecule is COc1ncccc1CNC(=O)Nc1cccc(NC(=O)Nc2ccccc2)c1. The molecule has 0 unspecified atom stereocenters. The number of urea groups is 2. The Kier molecular flexibility index (Phi) is 6.62. The van der Waals surface area contributed by atoms with Crippen LogP contribution in [0.4, 0.5) is 26.7 Å². The van der Waals surface area contributed by atoms with Crippen LogP contribution in [0.15, 0.2) is 72.9 Å². The number of ether oxygens (including phenoxy) is 1. The number of hydrogen-bond acceptors (Lipinski definition) is 4. The van der Waals surface area contributed by atoms with Crippen LogP contribution in [0.1, 0.15) is 5.56 Å². The molecule has 8 heteroatoms. The van der Waals surface area contributed by atoms with Gasteiger partial charge in [-0.15, -0.1) is 0 Å². The fourth-order valence-corrected chi connectivity index (χ4v) is 2.58. The van der Waals surface area contributed by atoms with E-state index in [0.717, 1.165) is 5.56 Å². The fourth-order valence-electron chi connectivity index (χ4n) is 2.58. The highest BCUT2D eigenvalue weighted by Gasteiger charge is 2.08. The Morgan fingerprint density at radius 1 is 0.828 bits per heavy atom. The van der Waals surface area contributed by atoms with Gasteiger partial charge in [0.05, 0.1) is 7.11 Å². The summed E-state index contributed by atoms with van der Waals surface area (Å²) in [5.41, 5.74) is 2.53. The minimum Gasteiger partial charge on any atom is -0.481 e. The number of carbonyl (C=O) groups is 2. The van der Waals surface area contributed by atoms with Crippen molar-refractivity contribution in [2.24, 2.45) is 0 Å². The molecule has 0 saturated carbocycles. The molecule has 0 bridgehead atoms. The van der Waals surface area contributed by atoms with Crippen molar-refractivity contribution in [3.8, 4) is 5.88 Å². The number of rotatable bonds is 6. The van der Waals surface area contributed by atoms with Gasteiger partial charge >= 0.3 is 12.1 Å². The molecule has 0 fully saturated rings. The quantitative estimate of drug-likeness (QED) is 0.509. The Morgan fingerprint density at radius 2 is 1.48 bits per heavy atom. The van der Waals surface area contributed by atoms with E-state index in [1.54, 1.807) is 48.7 Å². The maximum Gasteiger partial charge on any atom is 0.323 e. The van der Waals surface area contributed by atoms with Gasteiger partial charge in [0.25, 0.3) is 0 Å². The van der Waals surface area contributed by atoms with Crippen molar-refractivity contribution in [3.05, 3.63) is 78.5 Å². The summed E-state index contributed by atoms with van der Waals surface area (Å²) in [6.07, 6.45) is 1.62. The van der Waals surface area contributed by atoms with E-state index in [-0.39, 0.29) is 18.6 Å². The topological polar surface area (TPSA) is 104 Å². The van der Waals surface area contributed by atoms with E-state index >= 15 is 0 Å². The van der Waals surface area contributed by atoms with Crippen LogP contribution in [-0.2, 0) is 6.54 Å². The Labute approximate surface area is 168 Å². The minimum absolute atomic E-state index is 0.264. The van der Waals surface area contributed by atoms with Gasteiger partial charge in [0.1, 0.15) is 0 Å². The van der Waals surface area contributed by atoms with E-state index in [1.807, 2.05) is 24.3 Å². The second-order valence-corrected chi connectivity index (χ2v) is 6.01. The smallest absolute Gasteiger partial charge is 0.323 e. The van der Waals surface area contributed by atoms with E-state index in [1.165, 1.54) is 7.11 Å². The maximum absolute atomic E-state index is 12.2. The molecule has 4 N–H and O–H groups in total. The molecule has 1 aromatic heterocycles. The standard InChI is InChI=1S/C21H21N5O3/c1-29-19-15(7-6-12-22-19)14-23-20(27)25-17-10-5-11-18(13-17)26-21(28)24-16-8-3-2-4-9-16/h2-13H,14H2,1H3,(H2,23,25,27)(H2,24,26,28). The maximum atomic E-state index is 12.2. The third-order valence-corrected chi connectivity index (χ3v) is 3.89. The van der Waals surface area contributed by atoms with Gasteiger partial charge in [-0.3, -0.25) is 0 Å². The summed E-state index contributed by atoms with van der Waals surface area (Å²) in [6.45, 7) is 0.264. The summed E-state index contributed by atoms with van der Waals surface area (Å²) >= 11 is 0. The lowest BCUT2D eigenvalue weighted by atomic mass is 10.2. The Hall–Kier alpha value is -4.07. The summed E-state index contributed by atoms with van der Waals surface area (Å²) in [4.78, 5) is 28.4. The first-order valence-electron chi connectivity index (χ1n) is 8.90. The molecule has 0 aliphatic rings. The molecule has 4 amide bonds. The number of benzene rings is 2.